The number of hydrogen-bond donors (Lipinski definition) is 4. The van der Waals surface area contributed by atoms with Crippen molar-refractivity contribution < 1.29 is 28.5 Å². The van der Waals surface area contributed by atoms with Crippen molar-refractivity contribution in [1.29, 1.82) is 0 Å². The lowest BCUT2D eigenvalue weighted by molar-refractivity contribution is -0.167. The first-order valence-corrected chi connectivity index (χ1v) is 12.1. The fraction of sp³-hybridized carbons (Fsp3) is 0.560. The highest BCUT2D eigenvalue weighted by Gasteiger charge is 2.63. The predicted molar refractivity (Wildman–Crippen MR) is 133 cm³/mol. The van der Waals surface area contributed by atoms with Gasteiger partial charge < -0.3 is 40.5 Å². The largest absolute Gasteiger partial charge is 0.507 e. The zero-order chi connectivity index (χ0) is 26.3. The Hall–Kier alpha value is -3.31. The lowest BCUT2D eigenvalue weighted by Gasteiger charge is -2.39. The van der Waals surface area contributed by atoms with Gasteiger partial charge in [0.15, 0.2) is 17.0 Å². The molecule has 4 rings (SSSR count). The second kappa shape index (κ2) is 9.62. The number of nitrogens with one attached hydrogen (secondary N) is 1. The normalized spacial score (nSPS) is 24.0. The highest BCUT2D eigenvalue weighted by Crippen LogP contribution is 2.46. The number of ether oxygens (including phenoxy) is 3. The van der Waals surface area contributed by atoms with Gasteiger partial charge in [-0.15, -0.1) is 0 Å². The first kappa shape index (κ1) is 25.8. The van der Waals surface area contributed by atoms with Crippen molar-refractivity contribution in [2.24, 2.45) is 16.5 Å². The molecule has 3 atom stereocenters. The van der Waals surface area contributed by atoms with Gasteiger partial charge in [0.1, 0.15) is 39.9 Å². The minimum Gasteiger partial charge on any atom is -0.507 e. The maximum absolute atomic E-state index is 13.4. The molecule has 36 heavy (non-hydrogen) atoms. The second-order valence-electron chi connectivity index (χ2n) is 9.90. The van der Waals surface area contributed by atoms with Gasteiger partial charge in [-0.25, -0.2) is 4.79 Å². The third-order valence-corrected chi connectivity index (χ3v) is 6.79. The van der Waals surface area contributed by atoms with E-state index in [2.05, 4.69) is 10.3 Å². The highest BCUT2D eigenvalue weighted by atomic mass is 16.7. The van der Waals surface area contributed by atoms with Crippen LogP contribution in [-0.4, -0.2) is 60.6 Å². The van der Waals surface area contributed by atoms with Crippen molar-refractivity contribution in [1.82, 2.24) is 5.32 Å². The number of guanidine groups is 1. The summed E-state index contributed by atoms with van der Waals surface area (Å²) in [6, 6.07) is 2.92. The van der Waals surface area contributed by atoms with Gasteiger partial charge in [-0.05, 0) is 47.2 Å². The molecule has 2 aliphatic rings. The van der Waals surface area contributed by atoms with Crippen LogP contribution in [0.2, 0.25) is 0 Å². The molecule has 0 aliphatic carbocycles. The van der Waals surface area contributed by atoms with Crippen LogP contribution in [0.15, 0.2) is 26.3 Å². The molecule has 0 radical (unpaired) electrons. The molecule has 11 heteroatoms. The van der Waals surface area contributed by atoms with Crippen molar-refractivity contribution in [3.63, 3.8) is 0 Å². The molecule has 0 spiro atoms. The van der Waals surface area contributed by atoms with E-state index in [0.29, 0.717) is 49.4 Å². The van der Waals surface area contributed by atoms with Crippen molar-refractivity contribution in [3.05, 3.63) is 33.7 Å². The van der Waals surface area contributed by atoms with Crippen LogP contribution < -0.4 is 26.9 Å². The number of epoxide rings is 1. The van der Waals surface area contributed by atoms with Crippen LogP contribution in [0.25, 0.3) is 11.0 Å². The first-order chi connectivity index (χ1) is 17.0. The van der Waals surface area contributed by atoms with E-state index in [1.807, 2.05) is 13.8 Å². The van der Waals surface area contributed by atoms with Crippen LogP contribution in [-0.2, 0) is 20.7 Å². The van der Waals surface area contributed by atoms with E-state index in [4.69, 9.17) is 30.1 Å². The van der Waals surface area contributed by atoms with Crippen LogP contribution in [0.4, 0.5) is 0 Å². The Morgan fingerprint density at radius 3 is 2.78 bits per heavy atom. The van der Waals surface area contributed by atoms with Crippen LogP contribution in [0.3, 0.4) is 0 Å². The van der Waals surface area contributed by atoms with Crippen molar-refractivity contribution in [2.45, 2.75) is 69.9 Å². The topological polar surface area (TPSA) is 175 Å². The molecule has 11 nitrogen and oxygen atoms in total. The number of carbonyl (C=O) groups excluding carboxylic acids is 1. The van der Waals surface area contributed by atoms with Gasteiger partial charge in [-0.1, -0.05) is 0 Å². The molecule has 0 bridgehead atoms. The van der Waals surface area contributed by atoms with E-state index in [9.17, 15) is 14.7 Å². The van der Waals surface area contributed by atoms with E-state index in [0.717, 1.165) is 0 Å². The van der Waals surface area contributed by atoms with Gasteiger partial charge in [-0.2, -0.15) is 0 Å². The van der Waals surface area contributed by atoms with Crippen LogP contribution >= 0.6 is 0 Å². The molecule has 2 aliphatic heterocycles. The molecule has 2 aromatic rings. The second-order valence-corrected chi connectivity index (χ2v) is 9.90. The molecule has 6 N–H and O–H groups in total. The van der Waals surface area contributed by atoms with E-state index >= 15 is 0 Å². The summed E-state index contributed by atoms with van der Waals surface area (Å²) in [6.07, 6.45) is 0.835. The van der Waals surface area contributed by atoms with E-state index in [1.165, 1.54) is 6.07 Å². The van der Waals surface area contributed by atoms with Crippen molar-refractivity contribution in [3.8, 4) is 11.5 Å². The number of hydrogen-bond acceptors (Lipinski definition) is 9. The first-order valence-electron chi connectivity index (χ1n) is 12.1. The molecule has 1 saturated heterocycles. The van der Waals surface area contributed by atoms with Crippen LogP contribution in [0.5, 0.6) is 11.5 Å². The van der Waals surface area contributed by atoms with Gasteiger partial charge in [0, 0.05) is 37.1 Å². The lowest BCUT2D eigenvalue weighted by atomic mass is 9.89. The molecular weight excluding hydrogens is 468 g/mol. The SMILES string of the molecule is CNCC[C@]1(C(=O)O[C@@H]2Cc3c(cc4oc(C)cc(=O)c4c3O)OC2(C)C)O[C@@H]1CCCN=C(N)N. The number of nitrogens with zero attached hydrogens (tertiary/aromatic N) is 1. The number of phenols is 1. The summed E-state index contributed by atoms with van der Waals surface area (Å²) in [7, 11) is 1.80. The average Bonchev–Trinajstić information content (AvgIpc) is 3.49. The van der Waals surface area contributed by atoms with E-state index < -0.39 is 23.3 Å². The van der Waals surface area contributed by atoms with Gasteiger partial charge in [0.05, 0.1) is 6.10 Å². The number of aromatic hydroxyl groups is 1. The molecule has 0 saturated carbocycles. The van der Waals surface area contributed by atoms with E-state index in [-0.39, 0.29) is 40.6 Å². The third kappa shape index (κ3) is 4.85. The molecule has 3 heterocycles. The molecule has 196 valence electrons. The zero-order valence-corrected chi connectivity index (χ0v) is 21.1. The Balaban J connectivity index is 1.55. The Morgan fingerprint density at radius 2 is 2.08 bits per heavy atom. The monoisotopic (exact) mass is 502 g/mol. The minimum absolute atomic E-state index is 0.0244. The number of aliphatic imine (C=N–C) groups is 1. The number of esters is 1. The molecule has 1 aromatic carbocycles. The highest BCUT2D eigenvalue weighted by molar-refractivity contribution is 5.87. The summed E-state index contributed by atoms with van der Waals surface area (Å²) in [6.45, 7) is 6.29. The maximum atomic E-state index is 13.4. The van der Waals surface area contributed by atoms with Gasteiger partial charge >= 0.3 is 5.97 Å². The third-order valence-electron chi connectivity index (χ3n) is 6.79. The smallest absolute Gasteiger partial charge is 0.341 e. The summed E-state index contributed by atoms with van der Waals surface area (Å²) < 4.78 is 23.7. The number of phenolic OH excluding ortho intramolecular Hbond substituents is 1. The molecule has 0 unspecified atom stereocenters. The standard InChI is InChI=1S/C25H34N4O7/c1-13-10-15(30)20-17(33-13)12-16-14(21(20)31)11-19(24(2,3)35-16)34-22(32)25(7-9-28-4)18(36-25)6-5-8-29-23(26)27/h10,12,18-19,28,31H,5-9,11H2,1-4H3,(H4,26,27,29)/t18-,19-,25+/m1/s1. The summed E-state index contributed by atoms with van der Waals surface area (Å²) in [4.78, 5) is 29.9. The minimum atomic E-state index is -1.07. The maximum Gasteiger partial charge on any atom is 0.341 e. The zero-order valence-electron chi connectivity index (χ0n) is 21.1. The lowest BCUT2D eigenvalue weighted by Crippen LogP contribution is -2.50. The number of aryl methyl sites for hydroxylation is 1. The van der Waals surface area contributed by atoms with Crippen LogP contribution in [0.1, 0.15) is 44.4 Å². The number of benzene rings is 1. The number of fused-ring (bicyclic) bond motifs is 2. The van der Waals surface area contributed by atoms with Gasteiger partial charge in [-0.3, -0.25) is 9.79 Å². The van der Waals surface area contributed by atoms with Gasteiger partial charge in [0.25, 0.3) is 0 Å². The molecule has 1 aromatic heterocycles. The Bertz CT molecular complexity index is 1250. The molecular formula is C25H34N4O7. The molecule has 1 fully saturated rings. The van der Waals surface area contributed by atoms with Crippen LogP contribution in [0, 0.1) is 6.92 Å². The Labute approximate surface area is 208 Å². The van der Waals surface area contributed by atoms with Crippen molar-refractivity contribution in [2.75, 3.05) is 20.1 Å². The van der Waals surface area contributed by atoms with E-state index in [1.54, 1.807) is 20.0 Å². The number of rotatable bonds is 9. The summed E-state index contributed by atoms with van der Waals surface area (Å²) in [5.74, 6) is 0.133. The Kier molecular flexibility index (Phi) is 6.89. The summed E-state index contributed by atoms with van der Waals surface area (Å²) in [5.41, 5.74) is 9.05. The fourth-order valence-electron chi connectivity index (χ4n) is 4.73. The summed E-state index contributed by atoms with van der Waals surface area (Å²) in [5, 5.41) is 14.1. The van der Waals surface area contributed by atoms with Gasteiger partial charge in [0.2, 0.25) is 0 Å². The molecule has 0 amide bonds. The Morgan fingerprint density at radius 1 is 1.33 bits per heavy atom. The average molecular weight is 503 g/mol. The quantitative estimate of drug-likeness (QED) is 0.128. The predicted octanol–water partition coefficient (Wildman–Crippen LogP) is 1.23. The number of carbonyl (C=O) groups is 1. The van der Waals surface area contributed by atoms with Crippen molar-refractivity contribution >= 4 is 22.9 Å². The fourth-order valence-corrected chi connectivity index (χ4v) is 4.73. The number of nitrogens with two attached hydrogens (primary N) is 2. The summed E-state index contributed by atoms with van der Waals surface area (Å²) >= 11 is 0.